The maximum atomic E-state index is 10.5. The zero-order valence-corrected chi connectivity index (χ0v) is 9.69. The highest BCUT2D eigenvalue weighted by Crippen LogP contribution is 2.25. The van der Waals surface area contributed by atoms with Crippen molar-refractivity contribution in [1.82, 2.24) is 0 Å². The summed E-state index contributed by atoms with van der Waals surface area (Å²) in [6.07, 6.45) is 2.84. The van der Waals surface area contributed by atoms with Gasteiger partial charge in [-0.05, 0) is 37.0 Å². The van der Waals surface area contributed by atoms with Crippen molar-refractivity contribution < 1.29 is 14.6 Å². The molecule has 1 heterocycles. The van der Waals surface area contributed by atoms with Gasteiger partial charge < -0.3 is 15.2 Å². The summed E-state index contributed by atoms with van der Waals surface area (Å²) in [7, 11) is 0. The first-order chi connectivity index (χ1) is 8.29. The molecule has 4 heteroatoms. The van der Waals surface area contributed by atoms with Gasteiger partial charge in [-0.3, -0.25) is 4.79 Å². The van der Waals surface area contributed by atoms with Crippen molar-refractivity contribution in [3.8, 4) is 5.75 Å². The molecule has 0 saturated carbocycles. The number of hydrogen-bond donors (Lipinski definition) is 2. The van der Waals surface area contributed by atoms with Gasteiger partial charge in [-0.25, -0.2) is 0 Å². The highest BCUT2D eigenvalue weighted by molar-refractivity contribution is 5.77. The second-order valence-corrected chi connectivity index (χ2v) is 4.33. The van der Waals surface area contributed by atoms with Crippen LogP contribution in [-0.2, 0) is 4.74 Å². The van der Waals surface area contributed by atoms with E-state index < -0.39 is 0 Å². The molecular formula is C13H17NO3. The monoisotopic (exact) mass is 235 g/mol. The number of aromatic hydroxyl groups is 1. The molecule has 2 rings (SSSR count). The molecule has 92 valence electrons. The molecule has 1 fully saturated rings. The molecule has 0 aliphatic carbocycles. The van der Waals surface area contributed by atoms with Gasteiger partial charge in [0.15, 0.2) is 0 Å². The van der Waals surface area contributed by atoms with Gasteiger partial charge in [0.1, 0.15) is 12.0 Å². The molecule has 17 heavy (non-hydrogen) atoms. The van der Waals surface area contributed by atoms with E-state index in [0.717, 1.165) is 38.9 Å². The predicted octanol–water partition coefficient (Wildman–Crippen LogP) is 2.04. The fraction of sp³-hybridized carbons (Fsp3) is 0.462. The summed E-state index contributed by atoms with van der Waals surface area (Å²) in [4.78, 5) is 10.5. The van der Waals surface area contributed by atoms with E-state index in [0.29, 0.717) is 17.2 Å². The molecule has 4 nitrogen and oxygen atoms in total. The van der Waals surface area contributed by atoms with Crippen molar-refractivity contribution in [3.05, 3.63) is 23.8 Å². The average Bonchev–Trinajstić information content (AvgIpc) is 2.38. The topological polar surface area (TPSA) is 58.6 Å². The minimum Gasteiger partial charge on any atom is -0.506 e. The van der Waals surface area contributed by atoms with Crippen LogP contribution in [-0.4, -0.2) is 31.2 Å². The minimum absolute atomic E-state index is 0.127. The summed E-state index contributed by atoms with van der Waals surface area (Å²) in [5.41, 5.74) is 1.17. The van der Waals surface area contributed by atoms with Crippen LogP contribution in [0.15, 0.2) is 18.2 Å². The van der Waals surface area contributed by atoms with Gasteiger partial charge in [0, 0.05) is 25.3 Å². The number of carbonyl (C=O) groups is 1. The van der Waals surface area contributed by atoms with Crippen molar-refractivity contribution in [2.75, 3.05) is 25.1 Å². The molecule has 0 bridgehead atoms. The number of phenolic OH excluding ortho intramolecular Hbond substituents is 1. The first-order valence-electron chi connectivity index (χ1n) is 5.89. The van der Waals surface area contributed by atoms with Crippen LogP contribution >= 0.6 is 0 Å². The SMILES string of the molecule is O=Cc1ccc(NCC2CCOCC2)c(O)c1. The van der Waals surface area contributed by atoms with E-state index in [2.05, 4.69) is 5.32 Å². The van der Waals surface area contributed by atoms with Crippen LogP contribution in [0.25, 0.3) is 0 Å². The van der Waals surface area contributed by atoms with Gasteiger partial charge in [-0.2, -0.15) is 0 Å². The van der Waals surface area contributed by atoms with Gasteiger partial charge in [0.05, 0.1) is 5.69 Å². The Morgan fingerprint density at radius 1 is 1.41 bits per heavy atom. The van der Waals surface area contributed by atoms with E-state index in [9.17, 15) is 9.90 Å². The minimum atomic E-state index is 0.127. The van der Waals surface area contributed by atoms with Crippen LogP contribution in [0.2, 0.25) is 0 Å². The Bertz CT molecular complexity index is 386. The lowest BCUT2D eigenvalue weighted by Crippen LogP contribution is -2.22. The van der Waals surface area contributed by atoms with E-state index in [1.165, 1.54) is 6.07 Å². The van der Waals surface area contributed by atoms with E-state index in [-0.39, 0.29) is 5.75 Å². The van der Waals surface area contributed by atoms with Crippen LogP contribution in [0, 0.1) is 5.92 Å². The molecule has 1 aliphatic heterocycles. The fourth-order valence-electron chi connectivity index (χ4n) is 1.98. The van der Waals surface area contributed by atoms with E-state index >= 15 is 0 Å². The van der Waals surface area contributed by atoms with Crippen LogP contribution in [0.3, 0.4) is 0 Å². The first-order valence-corrected chi connectivity index (χ1v) is 5.89. The maximum Gasteiger partial charge on any atom is 0.150 e. The van der Waals surface area contributed by atoms with Crippen molar-refractivity contribution in [2.45, 2.75) is 12.8 Å². The zero-order chi connectivity index (χ0) is 12.1. The number of nitrogens with one attached hydrogen (secondary N) is 1. The zero-order valence-electron chi connectivity index (χ0n) is 9.69. The van der Waals surface area contributed by atoms with E-state index in [4.69, 9.17) is 4.74 Å². The molecule has 2 N–H and O–H groups in total. The lowest BCUT2D eigenvalue weighted by Gasteiger charge is -2.22. The number of rotatable bonds is 4. The summed E-state index contributed by atoms with van der Waals surface area (Å²) in [5.74, 6) is 0.718. The number of benzene rings is 1. The number of hydrogen-bond acceptors (Lipinski definition) is 4. The second-order valence-electron chi connectivity index (χ2n) is 4.33. The quantitative estimate of drug-likeness (QED) is 0.619. The molecule has 1 aliphatic rings. The van der Waals surface area contributed by atoms with E-state index in [1.807, 2.05) is 0 Å². The number of anilines is 1. The highest BCUT2D eigenvalue weighted by atomic mass is 16.5. The largest absolute Gasteiger partial charge is 0.506 e. The molecule has 0 unspecified atom stereocenters. The van der Waals surface area contributed by atoms with Gasteiger partial charge in [-0.15, -0.1) is 0 Å². The van der Waals surface area contributed by atoms with Crippen LogP contribution in [0.4, 0.5) is 5.69 Å². The van der Waals surface area contributed by atoms with Crippen LogP contribution in [0.5, 0.6) is 5.75 Å². The molecule has 1 aromatic carbocycles. The first kappa shape index (κ1) is 11.9. The molecule has 0 aromatic heterocycles. The predicted molar refractivity (Wildman–Crippen MR) is 65.5 cm³/mol. The highest BCUT2D eigenvalue weighted by Gasteiger charge is 2.13. The van der Waals surface area contributed by atoms with Gasteiger partial charge >= 0.3 is 0 Å². The van der Waals surface area contributed by atoms with Gasteiger partial charge in [0.25, 0.3) is 0 Å². The lowest BCUT2D eigenvalue weighted by molar-refractivity contribution is 0.0699. The van der Waals surface area contributed by atoms with Crippen molar-refractivity contribution in [2.24, 2.45) is 5.92 Å². The number of carbonyl (C=O) groups excluding carboxylic acids is 1. The smallest absolute Gasteiger partial charge is 0.150 e. The Morgan fingerprint density at radius 3 is 2.82 bits per heavy atom. The maximum absolute atomic E-state index is 10.5. The summed E-state index contributed by atoms with van der Waals surface area (Å²) < 4.78 is 5.29. The number of ether oxygens (including phenoxy) is 1. The normalized spacial score (nSPS) is 16.7. The number of phenols is 1. The standard InChI is InChI=1S/C13H17NO3/c15-9-11-1-2-12(13(16)7-11)14-8-10-3-5-17-6-4-10/h1-2,7,9-10,14,16H,3-6,8H2. The lowest BCUT2D eigenvalue weighted by atomic mass is 10.0. The third-order valence-corrected chi connectivity index (χ3v) is 3.08. The Balaban J connectivity index is 1.91. The summed E-state index contributed by atoms with van der Waals surface area (Å²) in [6, 6.07) is 4.90. The van der Waals surface area contributed by atoms with Gasteiger partial charge in [0.2, 0.25) is 0 Å². The molecule has 1 saturated heterocycles. The number of aldehydes is 1. The van der Waals surface area contributed by atoms with Crippen LogP contribution in [0.1, 0.15) is 23.2 Å². The third-order valence-electron chi connectivity index (χ3n) is 3.08. The Morgan fingerprint density at radius 2 is 2.18 bits per heavy atom. The van der Waals surface area contributed by atoms with Crippen molar-refractivity contribution >= 4 is 12.0 Å². The van der Waals surface area contributed by atoms with Gasteiger partial charge in [-0.1, -0.05) is 0 Å². The van der Waals surface area contributed by atoms with Crippen LogP contribution < -0.4 is 5.32 Å². The molecule has 1 aromatic rings. The molecule has 0 atom stereocenters. The summed E-state index contributed by atoms with van der Waals surface area (Å²) in [5, 5.41) is 12.9. The second kappa shape index (κ2) is 5.68. The molecular weight excluding hydrogens is 218 g/mol. The summed E-state index contributed by atoms with van der Waals surface area (Å²) in [6.45, 7) is 2.47. The van der Waals surface area contributed by atoms with E-state index in [1.54, 1.807) is 12.1 Å². The molecule has 0 radical (unpaired) electrons. The Hall–Kier alpha value is -1.55. The third kappa shape index (κ3) is 3.20. The van der Waals surface area contributed by atoms with Crippen molar-refractivity contribution in [1.29, 1.82) is 0 Å². The molecule has 0 amide bonds. The Labute approximate surface area is 101 Å². The fourth-order valence-corrected chi connectivity index (χ4v) is 1.98. The Kier molecular flexibility index (Phi) is 3.98. The molecule has 0 spiro atoms. The van der Waals surface area contributed by atoms with Crippen molar-refractivity contribution in [3.63, 3.8) is 0 Å². The summed E-state index contributed by atoms with van der Waals surface area (Å²) >= 11 is 0. The average molecular weight is 235 g/mol.